The Bertz CT molecular complexity index is 1140. The van der Waals surface area contributed by atoms with Crippen molar-refractivity contribution in [3.05, 3.63) is 50.7 Å². The lowest BCUT2D eigenvalue weighted by Gasteiger charge is -1.97. The molecule has 23 heavy (non-hydrogen) atoms. The highest BCUT2D eigenvalue weighted by Crippen LogP contribution is 2.25. The third-order valence-electron chi connectivity index (χ3n) is 3.53. The molecule has 8 heteroatoms. The van der Waals surface area contributed by atoms with Gasteiger partial charge in [0.2, 0.25) is 0 Å². The molecule has 0 amide bonds. The minimum absolute atomic E-state index is 0.171. The number of carbonyl (C=O) groups is 1. The first-order chi connectivity index (χ1) is 11.0. The predicted octanol–water partition coefficient (Wildman–Crippen LogP) is 2.97. The van der Waals surface area contributed by atoms with E-state index in [1.165, 1.54) is 17.4 Å². The van der Waals surface area contributed by atoms with E-state index in [0.717, 1.165) is 6.07 Å². The van der Waals surface area contributed by atoms with Gasteiger partial charge in [-0.3, -0.25) is 4.79 Å². The van der Waals surface area contributed by atoms with Gasteiger partial charge in [-0.05, 0) is 18.2 Å². The van der Waals surface area contributed by atoms with Crippen LogP contribution in [0.3, 0.4) is 0 Å². The number of halogens is 1. The van der Waals surface area contributed by atoms with Gasteiger partial charge < -0.3 is 15.1 Å². The van der Waals surface area contributed by atoms with Crippen LogP contribution in [0.25, 0.3) is 33.3 Å². The number of carboxylic acid groups (broad SMARTS) is 1. The van der Waals surface area contributed by atoms with E-state index in [9.17, 15) is 14.0 Å². The number of nitrogens with one attached hydrogen (secondary N) is 2. The molecule has 0 radical (unpaired) electrons. The number of H-pyrrole nitrogens is 2. The van der Waals surface area contributed by atoms with Gasteiger partial charge in [0.25, 0.3) is 5.56 Å². The second-order valence-electron chi connectivity index (χ2n) is 4.99. The van der Waals surface area contributed by atoms with Crippen molar-refractivity contribution in [3.63, 3.8) is 0 Å². The van der Waals surface area contributed by atoms with Gasteiger partial charge in [0, 0.05) is 21.7 Å². The summed E-state index contributed by atoms with van der Waals surface area (Å²) in [5.41, 5.74) is 1.48. The maximum Gasteiger partial charge on any atom is 0.338 e. The van der Waals surface area contributed by atoms with Gasteiger partial charge in [-0.25, -0.2) is 14.2 Å². The van der Waals surface area contributed by atoms with Crippen molar-refractivity contribution in [2.24, 2.45) is 0 Å². The molecular formula is C15H8FN3O3S. The lowest BCUT2D eigenvalue weighted by molar-refractivity contribution is 0.0692. The van der Waals surface area contributed by atoms with Crippen molar-refractivity contribution in [1.82, 2.24) is 15.0 Å². The van der Waals surface area contributed by atoms with Crippen LogP contribution in [0.4, 0.5) is 4.39 Å². The third-order valence-corrected chi connectivity index (χ3v) is 4.26. The largest absolute Gasteiger partial charge is 0.478 e. The van der Waals surface area contributed by atoms with E-state index >= 15 is 0 Å². The summed E-state index contributed by atoms with van der Waals surface area (Å²) in [6.07, 6.45) is 0. The molecule has 0 saturated heterocycles. The number of aromatic nitrogens is 3. The van der Waals surface area contributed by atoms with Crippen molar-refractivity contribution < 1.29 is 14.3 Å². The van der Waals surface area contributed by atoms with Crippen LogP contribution in [0.1, 0.15) is 10.4 Å². The molecule has 0 spiro atoms. The maximum atomic E-state index is 13.7. The Morgan fingerprint density at radius 2 is 2.00 bits per heavy atom. The van der Waals surface area contributed by atoms with E-state index in [1.54, 1.807) is 16.8 Å². The Morgan fingerprint density at radius 3 is 2.78 bits per heavy atom. The summed E-state index contributed by atoms with van der Waals surface area (Å²) in [7, 11) is 0. The Balaban J connectivity index is 1.95. The number of aromatic amines is 2. The molecule has 0 bridgehead atoms. The number of thiophene rings is 1. The van der Waals surface area contributed by atoms with Crippen LogP contribution in [0.5, 0.6) is 0 Å². The topological polar surface area (TPSA) is 98.8 Å². The number of hydrogen-bond acceptors (Lipinski definition) is 4. The van der Waals surface area contributed by atoms with Crippen LogP contribution in [0, 0.1) is 5.82 Å². The van der Waals surface area contributed by atoms with E-state index in [-0.39, 0.29) is 11.3 Å². The molecule has 0 saturated carbocycles. The highest BCUT2D eigenvalue weighted by molar-refractivity contribution is 7.09. The Labute approximate surface area is 131 Å². The molecule has 0 unspecified atom stereocenters. The second-order valence-corrected chi connectivity index (χ2v) is 5.74. The molecule has 0 atom stereocenters. The normalized spacial score (nSPS) is 11.3. The molecule has 6 nitrogen and oxygen atoms in total. The van der Waals surface area contributed by atoms with E-state index < -0.39 is 17.3 Å². The summed E-state index contributed by atoms with van der Waals surface area (Å²) in [4.78, 5) is 33.1. The summed E-state index contributed by atoms with van der Waals surface area (Å²) in [5, 5.41) is 13.1. The Morgan fingerprint density at radius 1 is 1.17 bits per heavy atom. The second kappa shape index (κ2) is 4.75. The fourth-order valence-electron chi connectivity index (χ4n) is 2.45. The van der Waals surface area contributed by atoms with Gasteiger partial charge in [-0.1, -0.05) is 0 Å². The molecular weight excluding hydrogens is 321 g/mol. The number of nitrogens with zero attached hydrogens (tertiary/aromatic N) is 1. The van der Waals surface area contributed by atoms with Gasteiger partial charge in [0.15, 0.2) is 5.69 Å². The lowest BCUT2D eigenvalue weighted by atomic mass is 10.1. The number of hydrogen-bond donors (Lipinski definition) is 3. The van der Waals surface area contributed by atoms with E-state index in [0.29, 0.717) is 27.6 Å². The zero-order valence-electron chi connectivity index (χ0n) is 11.4. The lowest BCUT2D eigenvalue weighted by Crippen LogP contribution is -2.10. The predicted molar refractivity (Wildman–Crippen MR) is 84.5 cm³/mol. The maximum absolute atomic E-state index is 13.7. The standard InChI is InChI=1S/C15H8FN3O3S/c16-8-3-9-6(1-7(8)15(21)22)2-10(17-9)13-14(20)19-12-5-23-4-11(12)18-13/h1-5,17H,(H,19,20)(H,21,22). The van der Waals surface area contributed by atoms with Gasteiger partial charge in [0.1, 0.15) is 5.82 Å². The van der Waals surface area contributed by atoms with Crippen LogP contribution in [0.15, 0.2) is 33.8 Å². The number of fused-ring (bicyclic) bond motifs is 2. The minimum atomic E-state index is -1.34. The van der Waals surface area contributed by atoms with Crippen LogP contribution >= 0.6 is 11.3 Å². The average Bonchev–Trinajstić information content (AvgIpc) is 3.10. The fraction of sp³-hybridized carbons (Fsp3) is 0. The molecule has 3 N–H and O–H groups in total. The Kier molecular flexibility index (Phi) is 2.82. The molecule has 4 rings (SSSR count). The van der Waals surface area contributed by atoms with Gasteiger partial charge in [0.05, 0.1) is 22.3 Å². The molecule has 0 aliphatic carbocycles. The highest BCUT2D eigenvalue weighted by atomic mass is 32.1. The molecule has 0 fully saturated rings. The molecule has 1 aromatic carbocycles. The van der Waals surface area contributed by atoms with E-state index in [1.807, 2.05) is 0 Å². The third kappa shape index (κ3) is 2.11. The van der Waals surface area contributed by atoms with Gasteiger partial charge >= 0.3 is 5.97 Å². The van der Waals surface area contributed by atoms with Crippen molar-refractivity contribution >= 4 is 39.2 Å². The first-order valence-electron chi connectivity index (χ1n) is 6.55. The molecule has 0 aliphatic heterocycles. The number of benzene rings is 1. The fourth-order valence-corrected chi connectivity index (χ4v) is 3.14. The summed E-state index contributed by atoms with van der Waals surface area (Å²) in [6, 6.07) is 3.90. The Hall–Kier alpha value is -3.00. The van der Waals surface area contributed by atoms with Crippen molar-refractivity contribution in [2.45, 2.75) is 0 Å². The van der Waals surface area contributed by atoms with Crippen LogP contribution < -0.4 is 5.56 Å². The summed E-state index contributed by atoms with van der Waals surface area (Å²) >= 11 is 1.42. The van der Waals surface area contributed by atoms with E-state index in [2.05, 4.69) is 15.0 Å². The molecule has 114 valence electrons. The molecule has 3 aromatic heterocycles. The van der Waals surface area contributed by atoms with E-state index in [4.69, 9.17) is 5.11 Å². The van der Waals surface area contributed by atoms with Crippen LogP contribution in [0.2, 0.25) is 0 Å². The molecule has 3 heterocycles. The zero-order chi connectivity index (χ0) is 16.1. The zero-order valence-corrected chi connectivity index (χ0v) is 12.2. The first kappa shape index (κ1) is 13.6. The van der Waals surface area contributed by atoms with Gasteiger partial charge in [-0.15, -0.1) is 11.3 Å². The number of carboxylic acids is 1. The van der Waals surface area contributed by atoms with Crippen molar-refractivity contribution in [3.8, 4) is 11.4 Å². The average molecular weight is 329 g/mol. The quantitative estimate of drug-likeness (QED) is 0.526. The van der Waals surface area contributed by atoms with Crippen LogP contribution in [-0.2, 0) is 0 Å². The SMILES string of the molecule is O=C(O)c1cc2cc(-c3nc4cscc4[nH]c3=O)[nH]c2cc1F. The summed E-state index contributed by atoms with van der Waals surface area (Å²) in [5.74, 6) is -2.18. The monoisotopic (exact) mass is 329 g/mol. The van der Waals surface area contributed by atoms with Crippen molar-refractivity contribution in [2.75, 3.05) is 0 Å². The summed E-state index contributed by atoms with van der Waals surface area (Å²) < 4.78 is 13.7. The highest BCUT2D eigenvalue weighted by Gasteiger charge is 2.15. The molecule has 0 aliphatic rings. The van der Waals surface area contributed by atoms with Crippen molar-refractivity contribution in [1.29, 1.82) is 0 Å². The van der Waals surface area contributed by atoms with Crippen LogP contribution in [-0.4, -0.2) is 26.0 Å². The smallest absolute Gasteiger partial charge is 0.338 e. The molecule has 4 aromatic rings. The number of rotatable bonds is 2. The minimum Gasteiger partial charge on any atom is -0.478 e. The summed E-state index contributed by atoms with van der Waals surface area (Å²) in [6.45, 7) is 0. The first-order valence-corrected chi connectivity index (χ1v) is 7.49. The number of aromatic carboxylic acids is 1. The van der Waals surface area contributed by atoms with Gasteiger partial charge in [-0.2, -0.15) is 0 Å².